The molecule has 0 spiro atoms. The van der Waals surface area contributed by atoms with Gasteiger partial charge in [-0.3, -0.25) is 48.1 Å². The molecule has 8 aliphatic rings. The van der Waals surface area contributed by atoms with E-state index in [1.807, 2.05) is 36.4 Å². The number of likely N-dealkylation sites (N-methyl/N-ethyl adjacent to an activating group) is 1. The first kappa shape index (κ1) is 102. The third-order valence-corrected chi connectivity index (χ3v) is 25.1. The van der Waals surface area contributed by atoms with Crippen LogP contribution in [0.3, 0.4) is 0 Å². The van der Waals surface area contributed by atoms with Gasteiger partial charge in [-0.1, -0.05) is 103 Å². The Morgan fingerprint density at radius 1 is 0.628 bits per heavy atom. The molecule has 45 heteroatoms. The van der Waals surface area contributed by atoms with Crippen molar-refractivity contribution >= 4 is 100 Å². The average molecular weight is 1970 g/mol. The van der Waals surface area contributed by atoms with E-state index in [4.69, 9.17) is 98.7 Å². The number of hydrogen-bond donors (Lipinski definition) is 20. The van der Waals surface area contributed by atoms with Crippen LogP contribution in [0.15, 0.2) is 127 Å². The number of nitrogens with one attached hydrogen (secondary N) is 7. The lowest BCUT2D eigenvalue weighted by Gasteiger charge is -2.48. The first-order valence-electron chi connectivity index (χ1n) is 43.2. The van der Waals surface area contributed by atoms with Crippen LogP contribution in [0, 0.1) is 5.92 Å². The summed E-state index contributed by atoms with van der Waals surface area (Å²) in [7, 11) is 1.08. The first-order chi connectivity index (χ1) is 64.8. The molecule has 137 heavy (non-hydrogen) atoms. The van der Waals surface area contributed by atoms with E-state index in [-0.39, 0.29) is 36.9 Å². The Kier molecular flexibility index (Phi) is 31.8. The molecule has 42 nitrogen and oxygen atoms in total. The van der Waals surface area contributed by atoms with Gasteiger partial charge in [0.05, 0.1) is 60.3 Å². The van der Waals surface area contributed by atoms with Crippen molar-refractivity contribution in [1.82, 2.24) is 42.1 Å². The number of carboxylic acid groups (broad SMARTS) is 2. The van der Waals surface area contributed by atoms with Gasteiger partial charge >= 0.3 is 24.0 Å². The number of carboxylic acids is 2. The maximum atomic E-state index is 16.7. The topological polar surface area (TPSA) is 642 Å². The number of aliphatic carboxylic acids is 2. The van der Waals surface area contributed by atoms with Crippen LogP contribution < -0.4 is 62.9 Å². The Morgan fingerprint density at radius 2 is 1.23 bits per heavy atom. The standard InChI is InChI=1S/C92H103Cl3N10O32/c1-38(2)24-55(105(7)90(127)129-37-128-65(113)23-22-64(111)112)83(120)103-72-74(114)45-15-20-58(52(94)26-45)132-60-28-47-29-61(78(60)137-89-79(76(116)75(115)62(36-106)134-89)136-67-34-92(6,81(118)40(4)131-67)98-35-41-8-10-42(11-9-41)43-12-17-48(93)18-13-43)133-59-21-16-46(27-53(59)95)77(135-66-33-91(5,97)80(117)39(3)130-66)73-87(124)102-71(88(125)126)51-30-49(107)31-57(109)68(51)50-25-44(14-19-56(50)108)69(84(121)104-73)101-85(122)70(47)100-82(119)54(32-63(96)110)99-86(72)123/h8-21,25-31,38-40,54-55,62,66-67,69-77,79-81,89,98,106-109,114-118H,22-24,32-37,97H2,1-7H3,(H2,96,110)(H,99,123)(H,100,119)(H,101,122)(H,102,124)(H,103,120)(H,104,121)(H,111,112)(H,125,126)/t39-,40-,54-,55+,62+,66-,67-,69+,70+,71-,72+,73-,74+,75+,76-,77+,79+,80-,81-,89-,91-,92-/m0/s1. The molecule has 22 N–H and O–H groups in total. The van der Waals surface area contributed by atoms with E-state index in [2.05, 4.69) is 37.2 Å². The van der Waals surface area contributed by atoms with Crippen molar-refractivity contribution in [3.63, 3.8) is 0 Å². The minimum Gasteiger partial charge on any atom is -0.508 e. The Bertz CT molecular complexity index is 5750. The number of rotatable bonds is 24. The largest absolute Gasteiger partial charge is 0.508 e. The zero-order valence-electron chi connectivity index (χ0n) is 74.3. The van der Waals surface area contributed by atoms with Gasteiger partial charge in [0.25, 0.3) is 0 Å². The molecule has 0 unspecified atom stereocenters. The van der Waals surface area contributed by atoms with Crippen molar-refractivity contribution in [2.45, 2.75) is 220 Å². The summed E-state index contributed by atoms with van der Waals surface area (Å²) in [5.74, 6) is -20.4. The molecule has 22 atom stereocenters. The lowest BCUT2D eigenvalue weighted by Crippen LogP contribution is -2.65. The molecule has 0 aromatic heterocycles. The Hall–Kier alpha value is -12.3. The zero-order chi connectivity index (χ0) is 99.4. The maximum Gasteiger partial charge on any atom is 0.413 e. The van der Waals surface area contributed by atoms with Crippen LogP contribution in [-0.4, -0.2) is 250 Å². The molecule has 8 amide bonds. The highest BCUT2D eigenvalue weighted by Gasteiger charge is 2.54. The van der Waals surface area contributed by atoms with Crippen LogP contribution in [0.2, 0.25) is 15.1 Å². The number of benzene rings is 7. The van der Waals surface area contributed by atoms with Gasteiger partial charge < -0.3 is 152 Å². The number of carbonyl (C=O) groups is 11. The molecule has 0 radical (unpaired) electrons. The van der Waals surface area contributed by atoms with Gasteiger partial charge in [0.1, 0.15) is 95.5 Å². The molecule has 3 saturated heterocycles. The van der Waals surface area contributed by atoms with Crippen LogP contribution in [0.5, 0.6) is 46.0 Å². The number of aliphatic hydroxyl groups is 6. The fourth-order valence-corrected chi connectivity index (χ4v) is 17.5. The van der Waals surface area contributed by atoms with E-state index >= 15 is 28.8 Å². The summed E-state index contributed by atoms with van der Waals surface area (Å²) in [6, 6.07) is 12.3. The summed E-state index contributed by atoms with van der Waals surface area (Å²) in [5.41, 5.74) is 9.03. The molecule has 734 valence electrons. The smallest absolute Gasteiger partial charge is 0.413 e. The van der Waals surface area contributed by atoms with E-state index < -0.39 is 321 Å². The van der Waals surface area contributed by atoms with Gasteiger partial charge in [-0.25, -0.2) is 9.59 Å². The highest BCUT2D eigenvalue weighted by molar-refractivity contribution is 6.32. The molecule has 0 aliphatic carbocycles. The van der Waals surface area contributed by atoms with Crippen LogP contribution in [0.25, 0.3) is 22.3 Å². The van der Waals surface area contributed by atoms with Crippen LogP contribution in [0.1, 0.15) is 144 Å². The summed E-state index contributed by atoms with van der Waals surface area (Å²) < 4.78 is 62.9. The minimum atomic E-state index is -2.50. The van der Waals surface area contributed by atoms with E-state index in [1.165, 1.54) is 19.9 Å². The molecule has 11 bridgehead atoms. The van der Waals surface area contributed by atoms with Crippen molar-refractivity contribution < 1.29 is 156 Å². The van der Waals surface area contributed by atoms with Gasteiger partial charge in [0.15, 0.2) is 36.2 Å². The number of primary amides is 1. The number of phenolic OH excluding ortho intramolecular Hbond substituents is 3. The van der Waals surface area contributed by atoms with Gasteiger partial charge in [0, 0.05) is 65.3 Å². The predicted molar refractivity (Wildman–Crippen MR) is 478 cm³/mol. The fourth-order valence-electron chi connectivity index (χ4n) is 16.9. The predicted octanol–water partition coefficient (Wildman–Crippen LogP) is 4.71. The third kappa shape index (κ3) is 23.4. The molecule has 0 saturated carbocycles. The molecular formula is C92H103Cl3N10O32. The average Bonchev–Trinajstić information content (AvgIpc) is 0.759. The van der Waals surface area contributed by atoms with Gasteiger partial charge in [-0.2, -0.15) is 0 Å². The van der Waals surface area contributed by atoms with Crippen molar-refractivity contribution in [2.24, 2.45) is 17.4 Å². The highest BCUT2D eigenvalue weighted by Crippen LogP contribution is 2.51. The Balaban J connectivity index is 0.998. The second-order valence-corrected chi connectivity index (χ2v) is 36.2. The number of carbonyl (C=O) groups excluding carboxylic acids is 9. The summed E-state index contributed by atoms with van der Waals surface area (Å²) in [4.78, 5) is 161. The monoisotopic (exact) mass is 1960 g/mol. The number of aromatic hydroxyl groups is 3. The quantitative estimate of drug-likeness (QED) is 0.0288. The van der Waals surface area contributed by atoms with E-state index in [0.29, 0.717) is 5.02 Å². The number of aliphatic hydroxyl groups excluding tert-OH is 6. The molecule has 15 rings (SSSR count). The molecular weight excluding hydrogens is 1860 g/mol. The van der Waals surface area contributed by atoms with Crippen LogP contribution in [0.4, 0.5) is 4.79 Å². The van der Waals surface area contributed by atoms with Crippen LogP contribution >= 0.6 is 34.8 Å². The summed E-state index contributed by atoms with van der Waals surface area (Å²) in [5, 5.41) is 144. The Morgan fingerprint density at radius 3 is 1.84 bits per heavy atom. The number of halogens is 3. The lowest BCUT2D eigenvalue weighted by molar-refractivity contribution is -0.334. The second kappa shape index (κ2) is 42.7. The zero-order valence-corrected chi connectivity index (χ0v) is 76.6. The maximum absolute atomic E-state index is 16.7. The summed E-state index contributed by atoms with van der Waals surface area (Å²) >= 11 is 20.9. The molecule has 7 aromatic rings. The summed E-state index contributed by atoms with van der Waals surface area (Å²) in [6.07, 6.45) is -27.0. The second-order valence-electron chi connectivity index (χ2n) is 34.9. The lowest BCUT2D eigenvalue weighted by atomic mass is 9.84. The van der Waals surface area contributed by atoms with E-state index in [0.717, 1.165) is 101 Å². The van der Waals surface area contributed by atoms with Gasteiger partial charge in [0.2, 0.25) is 60.2 Å². The van der Waals surface area contributed by atoms with Crippen molar-refractivity contribution in [1.29, 1.82) is 0 Å². The van der Waals surface area contributed by atoms with Crippen LogP contribution in [-0.2, 0) is 87.6 Å². The van der Waals surface area contributed by atoms with Gasteiger partial charge in [-0.05, 0) is 146 Å². The van der Waals surface area contributed by atoms with Crippen molar-refractivity contribution in [3.05, 3.63) is 176 Å². The summed E-state index contributed by atoms with van der Waals surface area (Å²) in [6.45, 7) is 7.44. The number of phenols is 3. The normalized spacial score (nSPS) is 28.0. The molecule has 8 heterocycles. The minimum absolute atomic E-state index is 0.160. The number of ether oxygens (including phenoxy) is 10. The van der Waals surface area contributed by atoms with E-state index in [1.54, 1.807) is 39.8 Å². The number of fused-ring (bicyclic) bond motifs is 15. The molecule has 3 fully saturated rings. The fraction of sp³-hybridized carbons (Fsp3) is 0.424. The number of hydrogen-bond acceptors (Lipinski definition) is 32. The van der Waals surface area contributed by atoms with Gasteiger partial charge in [-0.15, -0.1) is 0 Å². The molecule has 8 aliphatic heterocycles. The first-order valence-corrected chi connectivity index (χ1v) is 44.4. The number of nitrogens with zero attached hydrogens (tertiary/aromatic N) is 1. The Labute approximate surface area is 796 Å². The van der Waals surface area contributed by atoms with Crippen molar-refractivity contribution in [3.8, 4) is 68.2 Å². The molecule has 7 aromatic carbocycles. The highest BCUT2D eigenvalue weighted by atomic mass is 35.5. The third-order valence-electron chi connectivity index (χ3n) is 24.3. The van der Waals surface area contributed by atoms with E-state index in [9.17, 15) is 75.0 Å². The number of nitrogens with two attached hydrogens (primary N) is 2. The number of amides is 8. The SMILES string of the molecule is CC(C)C[C@H](C(=O)N[C@H]1C(=O)N[C@@H](CC(N)=O)C(=O)N[C@H]2C(=O)N[C@H]3C(=O)N[C@H](C(=O)N[C@H](C(=O)O)c4cc(O)cc(O)c4-c4cc3ccc4O)[C@H](O[C@H]3C[C@](C)(N)[C@@H](O)[C@H](C)O3)c3ccc(c(Cl)c3)Oc3cc2cc(c3O[C@@H]2O[C@H](CO)[C@@H](O)[C@H](O)[C@H]2O[C@H]2C[C@](C)(NCc3ccc(-c4ccc(Cl)cc4)cc3)[C@@H](O)[C@H](C)O2)Oc2ccc(cc2Cl)[C@H]1O)N(C)C(=O)OCOC(=O)CCC(=O)O. The van der Waals surface area contributed by atoms with Crippen molar-refractivity contribution in [2.75, 3.05) is 20.4 Å². The number of esters is 1.